The SMILES string of the molecule is CCN(CC)c1nc2oc(C)c(C(=O)NNC(=O)c3cc4ccccc4oc3=O)c2c(=O)n1-c1cccc(C)c1. The molecule has 2 N–H and O–H groups in total. The summed E-state index contributed by atoms with van der Waals surface area (Å²) in [5.74, 6) is -1.16. The molecule has 0 radical (unpaired) electrons. The number of hydrogen-bond acceptors (Lipinski definition) is 8. The van der Waals surface area contributed by atoms with E-state index in [1.54, 1.807) is 30.3 Å². The van der Waals surface area contributed by atoms with E-state index >= 15 is 0 Å². The van der Waals surface area contributed by atoms with Gasteiger partial charge in [0, 0.05) is 18.5 Å². The number of amides is 2. The Bertz CT molecular complexity index is 1900. The van der Waals surface area contributed by atoms with Crippen molar-refractivity contribution in [3.05, 3.63) is 97.8 Å². The van der Waals surface area contributed by atoms with E-state index in [0.29, 0.717) is 35.7 Å². The van der Waals surface area contributed by atoms with Gasteiger partial charge in [0.2, 0.25) is 11.7 Å². The molecule has 0 saturated heterocycles. The second-order valence-corrected chi connectivity index (χ2v) is 9.17. The number of aryl methyl sites for hydroxylation is 2. The molecule has 11 heteroatoms. The predicted molar refractivity (Wildman–Crippen MR) is 150 cm³/mol. The number of nitrogens with zero attached hydrogens (tertiary/aromatic N) is 3. The van der Waals surface area contributed by atoms with Crippen molar-refractivity contribution in [1.29, 1.82) is 0 Å². The summed E-state index contributed by atoms with van der Waals surface area (Å²) in [6.07, 6.45) is 0. The number of rotatable bonds is 6. The lowest BCUT2D eigenvalue weighted by molar-refractivity contribution is 0.0844. The van der Waals surface area contributed by atoms with E-state index in [0.717, 1.165) is 5.56 Å². The smallest absolute Gasteiger partial charge is 0.349 e. The predicted octanol–water partition coefficient (Wildman–Crippen LogP) is 3.62. The minimum Gasteiger partial charge on any atom is -0.442 e. The fourth-order valence-electron chi connectivity index (χ4n) is 4.61. The fraction of sp³-hybridized carbons (Fsp3) is 0.207. The average Bonchev–Trinajstić information content (AvgIpc) is 3.28. The van der Waals surface area contributed by atoms with Crippen LogP contribution in [0, 0.1) is 13.8 Å². The Hall–Kier alpha value is -5.19. The van der Waals surface area contributed by atoms with Crippen LogP contribution in [0.3, 0.4) is 0 Å². The second kappa shape index (κ2) is 10.5. The number of carbonyl (C=O) groups excluding carboxylic acids is 2. The van der Waals surface area contributed by atoms with Gasteiger partial charge in [0.1, 0.15) is 22.3 Å². The lowest BCUT2D eigenvalue weighted by Gasteiger charge is -2.23. The van der Waals surface area contributed by atoms with Crippen LogP contribution in [0.4, 0.5) is 5.95 Å². The van der Waals surface area contributed by atoms with Crippen LogP contribution in [0.25, 0.3) is 27.8 Å². The Balaban J connectivity index is 1.54. The fourth-order valence-corrected chi connectivity index (χ4v) is 4.61. The van der Waals surface area contributed by atoms with Crippen LogP contribution in [0.2, 0.25) is 0 Å². The van der Waals surface area contributed by atoms with Gasteiger partial charge in [-0.3, -0.25) is 25.2 Å². The van der Waals surface area contributed by atoms with Gasteiger partial charge < -0.3 is 13.7 Å². The summed E-state index contributed by atoms with van der Waals surface area (Å²) >= 11 is 0. The van der Waals surface area contributed by atoms with Gasteiger partial charge >= 0.3 is 5.63 Å². The lowest BCUT2D eigenvalue weighted by atomic mass is 10.1. The molecule has 0 aliphatic carbocycles. The van der Waals surface area contributed by atoms with Gasteiger partial charge in [-0.2, -0.15) is 4.98 Å². The van der Waals surface area contributed by atoms with Crippen LogP contribution in [0.5, 0.6) is 0 Å². The Labute approximate surface area is 228 Å². The largest absolute Gasteiger partial charge is 0.442 e. The summed E-state index contributed by atoms with van der Waals surface area (Å²) < 4.78 is 12.4. The summed E-state index contributed by atoms with van der Waals surface area (Å²) in [6.45, 7) is 8.52. The van der Waals surface area contributed by atoms with Crippen molar-refractivity contribution in [1.82, 2.24) is 20.4 Å². The lowest BCUT2D eigenvalue weighted by Crippen LogP contribution is -2.43. The van der Waals surface area contributed by atoms with Crippen LogP contribution in [0.15, 0.2) is 73.0 Å². The Kier molecular flexibility index (Phi) is 6.95. The third-order valence-electron chi connectivity index (χ3n) is 6.59. The molecule has 5 aromatic rings. The number of benzene rings is 2. The van der Waals surface area contributed by atoms with Crippen LogP contribution in [-0.4, -0.2) is 34.5 Å². The van der Waals surface area contributed by atoms with Gasteiger partial charge in [-0.05, 0) is 57.5 Å². The van der Waals surface area contributed by atoms with Crippen molar-refractivity contribution in [3.8, 4) is 5.69 Å². The molecule has 0 aliphatic rings. The van der Waals surface area contributed by atoms with Gasteiger partial charge in [0.05, 0.1) is 11.3 Å². The molecule has 3 aromatic heterocycles. The molecule has 40 heavy (non-hydrogen) atoms. The monoisotopic (exact) mass is 541 g/mol. The standard InChI is InChI=1S/C29H27N5O6/c1-5-33(6-2)29-30-26-23(27(37)34(29)19-12-9-10-16(3)14-19)22(17(4)39-26)25(36)32-31-24(35)20-15-18-11-7-8-13-21(18)40-28(20)38/h7-15H,5-6H2,1-4H3,(H,31,35)(H,32,36). The van der Waals surface area contributed by atoms with Gasteiger partial charge in [-0.25, -0.2) is 9.36 Å². The highest BCUT2D eigenvalue weighted by Crippen LogP contribution is 2.26. The Morgan fingerprint density at radius 1 is 0.925 bits per heavy atom. The third-order valence-corrected chi connectivity index (χ3v) is 6.59. The molecule has 5 rings (SSSR count). The Morgan fingerprint density at radius 3 is 2.38 bits per heavy atom. The molecule has 0 aliphatic heterocycles. The van der Waals surface area contributed by atoms with Crippen LogP contribution >= 0.6 is 0 Å². The topological polar surface area (TPSA) is 140 Å². The van der Waals surface area contributed by atoms with E-state index in [1.807, 2.05) is 43.9 Å². The maximum absolute atomic E-state index is 14.0. The molecule has 204 valence electrons. The van der Waals surface area contributed by atoms with Crippen LogP contribution in [-0.2, 0) is 0 Å². The molecule has 0 bridgehead atoms. The molecule has 0 fully saturated rings. The summed E-state index contributed by atoms with van der Waals surface area (Å²) in [5, 5.41) is 0.508. The van der Waals surface area contributed by atoms with Crippen molar-refractivity contribution in [3.63, 3.8) is 0 Å². The first-order valence-corrected chi connectivity index (χ1v) is 12.7. The third kappa shape index (κ3) is 4.62. The summed E-state index contributed by atoms with van der Waals surface area (Å²) in [6, 6.07) is 15.5. The van der Waals surface area contributed by atoms with Gasteiger partial charge in [-0.1, -0.05) is 30.3 Å². The minimum atomic E-state index is -0.877. The number of hydrazine groups is 1. The number of anilines is 1. The van der Waals surface area contributed by atoms with E-state index in [2.05, 4.69) is 15.8 Å². The average molecular weight is 542 g/mol. The van der Waals surface area contributed by atoms with Gasteiger partial charge in [0.15, 0.2) is 0 Å². The van der Waals surface area contributed by atoms with Crippen LogP contribution in [0.1, 0.15) is 45.9 Å². The second-order valence-electron chi connectivity index (χ2n) is 9.17. The number of nitrogens with one attached hydrogen (secondary N) is 2. The number of furan rings is 1. The van der Waals surface area contributed by atoms with E-state index in [9.17, 15) is 19.2 Å². The molecule has 0 spiro atoms. The number of carbonyl (C=O) groups is 2. The maximum atomic E-state index is 14.0. The number of fused-ring (bicyclic) bond motifs is 2. The van der Waals surface area contributed by atoms with Crippen molar-refractivity contribution in [2.75, 3.05) is 18.0 Å². The zero-order valence-electron chi connectivity index (χ0n) is 22.4. The minimum absolute atomic E-state index is 0.0000433. The van der Waals surface area contributed by atoms with E-state index < -0.39 is 23.0 Å². The summed E-state index contributed by atoms with van der Waals surface area (Å²) in [5.41, 5.74) is 4.64. The molecule has 3 heterocycles. The molecule has 0 atom stereocenters. The highest BCUT2D eigenvalue weighted by Gasteiger charge is 2.27. The zero-order valence-corrected chi connectivity index (χ0v) is 22.4. The number of para-hydroxylation sites is 1. The number of aromatic nitrogens is 2. The summed E-state index contributed by atoms with van der Waals surface area (Å²) in [4.78, 5) is 58.9. The highest BCUT2D eigenvalue weighted by molar-refractivity contribution is 6.07. The van der Waals surface area contributed by atoms with Gasteiger partial charge in [0.25, 0.3) is 17.4 Å². The molecule has 0 unspecified atom stereocenters. The Morgan fingerprint density at radius 2 is 1.65 bits per heavy atom. The quantitative estimate of drug-likeness (QED) is 0.245. The molecule has 11 nitrogen and oxygen atoms in total. The maximum Gasteiger partial charge on any atom is 0.349 e. The van der Waals surface area contributed by atoms with Gasteiger partial charge in [-0.15, -0.1) is 0 Å². The van der Waals surface area contributed by atoms with Crippen molar-refractivity contribution < 1.29 is 18.4 Å². The first kappa shape index (κ1) is 26.4. The van der Waals surface area contributed by atoms with E-state index in [1.165, 1.54) is 17.6 Å². The molecule has 2 aromatic carbocycles. The molecular weight excluding hydrogens is 514 g/mol. The molecular formula is C29H27N5O6. The normalized spacial score (nSPS) is 11.1. The first-order valence-electron chi connectivity index (χ1n) is 12.7. The zero-order chi connectivity index (χ0) is 28.6. The highest BCUT2D eigenvalue weighted by atomic mass is 16.4. The molecule has 0 saturated carbocycles. The first-order chi connectivity index (χ1) is 19.2. The van der Waals surface area contributed by atoms with Crippen molar-refractivity contribution >= 4 is 39.8 Å². The molecule has 2 amide bonds. The van der Waals surface area contributed by atoms with Crippen molar-refractivity contribution in [2.24, 2.45) is 0 Å². The van der Waals surface area contributed by atoms with Crippen molar-refractivity contribution in [2.45, 2.75) is 27.7 Å². The van der Waals surface area contributed by atoms with E-state index in [-0.39, 0.29) is 28.0 Å². The van der Waals surface area contributed by atoms with Crippen LogP contribution < -0.4 is 26.9 Å². The summed E-state index contributed by atoms with van der Waals surface area (Å²) in [7, 11) is 0. The van der Waals surface area contributed by atoms with E-state index in [4.69, 9.17) is 8.83 Å². The number of hydrogen-bond donors (Lipinski definition) is 2.